The molecule has 1 aliphatic carbocycles. The fourth-order valence-corrected chi connectivity index (χ4v) is 1.60. The van der Waals surface area contributed by atoms with Crippen LogP contribution in [0.15, 0.2) is 24.3 Å². The summed E-state index contributed by atoms with van der Waals surface area (Å²) in [6, 6.07) is 8.98. The number of fused-ring (bicyclic) bond motifs is 2. The van der Waals surface area contributed by atoms with E-state index in [0.717, 1.165) is 0 Å². The Morgan fingerprint density at radius 3 is 2.10 bits per heavy atom. The molecule has 1 aromatic carbocycles. The van der Waals surface area contributed by atoms with Crippen molar-refractivity contribution in [2.75, 3.05) is 0 Å². The highest BCUT2D eigenvalue weighted by molar-refractivity contribution is 5.24. The summed E-state index contributed by atoms with van der Waals surface area (Å²) < 4.78 is 0. The van der Waals surface area contributed by atoms with Crippen LogP contribution in [-0.2, 0) is 12.8 Å². The molecule has 0 saturated heterocycles. The standard InChI is InChI=1S/C10H12/c1-2-5-10-7-3-6-9(4-1)8-10/h3,6-8H,1-2,4-5H2. The van der Waals surface area contributed by atoms with E-state index in [-0.39, 0.29) is 0 Å². The Hall–Kier alpha value is -0.780. The normalized spacial score (nSPS) is 16.4. The summed E-state index contributed by atoms with van der Waals surface area (Å²) in [6.07, 6.45) is 5.31. The lowest BCUT2D eigenvalue weighted by Gasteiger charge is -1.95. The zero-order valence-electron chi connectivity index (χ0n) is 6.14. The Bertz CT molecular complexity index is 204. The molecule has 2 bridgehead atoms. The third kappa shape index (κ3) is 1.06. The van der Waals surface area contributed by atoms with E-state index in [1.165, 1.54) is 36.8 Å². The van der Waals surface area contributed by atoms with Crippen LogP contribution in [0, 0.1) is 0 Å². The van der Waals surface area contributed by atoms with E-state index < -0.39 is 0 Å². The molecule has 1 aromatic rings. The second kappa shape index (κ2) is 2.45. The van der Waals surface area contributed by atoms with Gasteiger partial charge in [-0.1, -0.05) is 24.3 Å². The van der Waals surface area contributed by atoms with E-state index in [2.05, 4.69) is 24.3 Å². The lowest BCUT2D eigenvalue weighted by atomic mass is 10.1. The second-order valence-electron chi connectivity index (χ2n) is 3.03. The molecule has 0 aliphatic heterocycles. The lowest BCUT2D eigenvalue weighted by Crippen LogP contribution is -1.79. The molecule has 1 aliphatic rings. The van der Waals surface area contributed by atoms with Gasteiger partial charge in [0.25, 0.3) is 0 Å². The van der Waals surface area contributed by atoms with E-state index >= 15 is 0 Å². The highest BCUT2D eigenvalue weighted by atomic mass is 14.1. The molecule has 0 nitrogen and oxygen atoms in total. The molecule has 2 rings (SSSR count). The summed E-state index contributed by atoms with van der Waals surface area (Å²) in [4.78, 5) is 0. The monoisotopic (exact) mass is 132 g/mol. The summed E-state index contributed by atoms with van der Waals surface area (Å²) in [5, 5.41) is 0. The van der Waals surface area contributed by atoms with Gasteiger partial charge in [-0.3, -0.25) is 0 Å². The van der Waals surface area contributed by atoms with Crippen LogP contribution in [0.2, 0.25) is 0 Å². The average Bonchev–Trinajstić information content (AvgIpc) is 2.12. The molecule has 10 heavy (non-hydrogen) atoms. The second-order valence-corrected chi connectivity index (χ2v) is 3.03. The van der Waals surface area contributed by atoms with Gasteiger partial charge in [-0.2, -0.15) is 0 Å². The average molecular weight is 132 g/mol. The number of hydrogen-bond acceptors (Lipinski definition) is 0. The minimum absolute atomic E-state index is 1.29. The molecule has 0 radical (unpaired) electrons. The summed E-state index contributed by atoms with van der Waals surface area (Å²) in [6.45, 7) is 0. The first-order valence-electron chi connectivity index (χ1n) is 4.03. The maximum atomic E-state index is 2.34. The zero-order valence-corrected chi connectivity index (χ0v) is 6.14. The molecule has 0 unspecified atom stereocenters. The molecule has 0 aromatic heterocycles. The van der Waals surface area contributed by atoms with Crippen LogP contribution in [0.4, 0.5) is 0 Å². The topological polar surface area (TPSA) is 0 Å². The fraction of sp³-hybridized carbons (Fsp3) is 0.400. The number of rotatable bonds is 0. The van der Waals surface area contributed by atoms with Crippen LogP contribution in [0.25, 0.3) is 0 Å². The van der Waals surface area contributed by atoms with Crippen molar-refractivity contribution in [2.24, 2.45) is 0 Å². The van der Waals surface area contributed by atoms with E-state index in [1.54, 1.807) is 0 Å². The Morgan fingerprint density at radius 2 is 1.50 bits per heavy atom. The van der Waals surface area contributed by atoms with E-state index in [9.17, 15) is 0 Å². The van der Waals surface area contributed by atoms with Crippen molar-refractivity contribution >= 4 is 0 Å². The Balaban J connectivity index is 2.41. The van der Waals surface area contributed by atoms with Gasteiger partial charge < -0.3 is 0 Å². The van der Waals surface area contributed by atoms with Crippen molar-refractivity contribution in [1.82, 2.24) is 0 Å². The van der Waals surface area contributed by atoms with E-state index in [0.29, 0.717) is 0 Å². The molecule has 0 atom stereocenters. The van der Waals surface area contributed by atoms with Crippen molar-refractivity contribution in [1.29, 1.82) is 0 Å². The van der Waals surface area contributed by atoms with Gasteiger partial charge in [0.05, 0.1) is 0 Å². The zero-order chi connectivity index (χ0) is 6.81. The molecule has 52 valence electrons. The van der Waals surface area contributed by atoms with Gasteiger partial charge in [-0.05, 0) is 36.8 Å². The molecular formula is C10H12. The summed E-state index contributed by atoms with van der Waals surface area (Å²) in [7, 11) is 0. The molecule has 0 saturated carbocycles. The summed E-state index contributed by atoms with van der Waals surface area (Å²) in [5.41, 5.74) is 3.05. The lowest BCUT2D eigenvalue weighted by molar-refractivity contribution is 0.754. The third-order valence-electron chi connectivity index (χ3n) is 2.17. The van der Waals surface area contributed by atoms with Crippen molar-refractivity contribution in [3.05, 3.63) is 35.4 Å². The van der Waals surface area contributed by atoms with Gasteiger partial charge in [-0.25, -0.2) is 0 Å². The maximum absolute atomic E-state index is 2.34. The van der Waals surface area contributed by atoms with E-state index in [4.69, 9.17) is 0 Å². The van der Waals surface area contributed by atoms with Gasteiger partial charge in [0.1, 0.15) is 0 Å². The predicted molar refractivity (Wildman–Crippen MR) is 43.1 cm³/mol. The minimum Gasteiger partial charge on any atom is -0.0617 e. The summed E-state index contributed by atoms with van der Waals surface area (Å²) in [5.74, 6) is 0. The quantitative estimate of drug-likeness (QED) is 0.509. The molecule has 0 fully saturated rings. The van der Waals surface area contributed by atoms with Crippen LogP contribution >= 0.6 is 0 Å². The number of benzene rings is 1. The van der Waals surface area contributed by atoms with Crippen molar-refractivity contribution in [2.45, 2.75) is 25.7 Å². The van der Waals surface area contributed by atoms with Gasteiger partial charge >= 0.3 is 0 Å². The smallest absolute Gasteiger partial charge is 0.0279 e. The van der Waals surface area contributed by atoms with Gasteiger partial charge in [-0.15, -0.1) is 0 Å². The number of hydrogen-bond donors (Lipinski definition) is 0. The Morgan fingerprint density at radius 1 is 0.900 bits per heavy atom. The van der Waals surface area contributed by atoms with Crippen molar-refractivity contribution in [3.8, 4) is 0 Å². The van der Waals surface area contributed by atoms with Gasteiger partial charge in [0.2, 0.25) is 0 Å². The summed E-state index contributed by atoms with van der Waals surface area (Å²) >= 11 is 0. The molecule has 0 amide bonds. The van der Waals surface area contributed by atoms with Gasteiger partial charge in [0, 0.05) is 0 Å². The highest BCUT2D eigenvalue weighted by Crippen LogP contribution is 2.15. The van der Waals surface area contributed by atoms with Crippen LogP contribution in [-0.4, -0.2) is 0 Å². The fourth-order valence-electron chi connectivity index (χ4n) is 1.60. The minimum atomic E-state index is 1.29. The van der Waals surface area contributed by atoms with Crippen LogP contribution in [0.3, 0.4) is 0 Å². The van der Waals surface area contributed by atoms with Gasteiger partial charge in [0.15, 0.2) is 0 Å². The first kappa shape index (κ1) is 5.96. The third-order valence-corrected chi connectivity index (χ3v) is 2.17. The predicted octanol–water partition coefficient (Wildman–Crippen LogP) is 2.57. The first-order chi connectivity index (χ1) is 4.95. The SMILES string of the molecule is c1cc2cc(c1)CCCC2. The van der Waals surface area contributed by atoms with Crippen molar-refractivity contribution in [3.63, 3.8) is 0 Å². The Kier molecular flexibility index (Phi) is 1.46. The largest absolute Gasteiger partial charge is 0.0617 e. The molecule has 0 spiro atoms. The Labute approximate surface area is 61.9 Å². The first-order valence-corrected chi connectivity index (χ1v) is 4.03. The van der Waals surface area contributed by atoms with Crippen LogP contribution in [0.5, 0.6) is 0 Å². The van der Waals surface area contributed by atoms with E-state index in [1.807, 2.05) is 0 Å². The van der Waals surface area contributed by atoms with Crippen LogP contribution in [0.1, 0.15) is 24.0 Å². The maximum Gasteiger partial charge on any atom is -0.0279 e. The molecular weight excluding hydrogens is 120 g/mol. The molecule has 0 heterocycles. The highest BCUT2D eigenvalue weighted by Gasteiger charge is 2.01. The van der Waals surface area contributed by atoms with Crippen molar-refractivity contribution < 1.29 is 0 Å². The molecule has 0 heteroatoms. The van der Waals surface area contributed by atoms with Crippen LogP contribution < -0.4 is 0 Å². The molecule has 0 N–H and O–H groups in total. The number of aryl methyl sites for hydroxylation is 2.